The van der Waals surface area contributed by atoms with Crippen LogP contribution in [0.1, 0.15) is 19.8 Å². The highest BCUT2D eigenvalue weighted by atomic mass is 35.5. The quantitative estimate of drug-likeness (QED) is 0.661. The molecule has 2 aromatic rings. The van der Waals surface area contributed by atoms with Crippen molar-refractivity contribution in [2.24, 2.45) is 0 Å². The lowest BCUT2D eigenvalue weighted by atomic mass is 9.91. The Hall–Kier alpha value is -1.75. The number of amides is 1. The number of piperidine rings is 1. The van der Waals surface area contributed by atoms with Crippen LogP contribution in [0.25, 0.3) is 10.9 Å². The number of H-pyrrole nitrogens is 1. The van der Waals surface area contributed by atoms with E-state index in [9.17, 15) is 9.35 Å². The number of hydrogen-bond acceptors (Lipinski definition) is 6. The van der Waals surface area contributed by atoms with Crippen molar-refractivity contribution in [3.8, 4) is 0 Å². The van der Waals surface area contributed by atoms with E-state index in [1.54, 1.807) is 14.0 Å². The molecule has 1 spiro atoms. The van der Waals surface area contributed by atoms with Crippen LogP contribution in [0.5, 0.6) is 0 Å². The van der Waals surface area contributed by atoms with Crippen LogP contribution in [0.3, 0.4) is 0 Å². The van der Waals surface area contributed by atoms with Crippen molar-refractivity contribution >= 4 is 39.8 Å². The minimum Gasteiger partial charge on any atom is -0.592 e. The minimum absolute atomic E-state index is 0.0952. The molecule has 0 radical (unpaired) electrons. The van der Waals surface area contributed by atoms with E-state index < -0.39 is 17.1 Å². The van der Waals surface area contributed by atoms with E-state index in [-0.39, 0.29) is 11.5 Å². The highest BCUT2D eigenvalue weighted by molar-refractivity contribution is 7.89. The summed E-state index contributed by atoms with van der Waals surface area (Å²) in [4.78, 5) is 19.1. The van der Waals surface area contributed by atoms with Crippen LogP contribution >= 0.6 is 11.6 Å². The van der Waals surface area contributed by atoms with Gasteiger partial charge in [-0.15, -0.1) is 4.31 Å². The predicted molar refractivity (Wildman–Crippen MR) is 127 cm³/mol. The Kier molecular flexibility index (Phi) is 5.91. The van der Waals surface area contributed by atoms with Gasteiger partial charge in [-0.25, -0.2) is 0 Å². The molecule has 4 heterocycles. The molecule has 3 saturated heterocycles. The zero-order valence-corrected chi connectivity index (χ0v) is 20.5. The number of halogens is 1. The summed E-state index contributed by atoms with van der Waals surface area (Å²) in [6.45, 7) is 9.18. The molecule has 8 nitrogen and oxygen atoms in total. The number of aromatic nitrogens is 1. The first kappa shape index (κ1) is 23.0. The number of nitrogens with one attached hydrogen (secondary N) is 1. The molecular formula is C23H29ClN4O4S. The van der Waals surface area contributed by atoms with Crippen molar-refractivity contribution in [3.63, 3.8) is 0 Å². The standard InChI is InChI=1S/C23H29ClN4O4S/c1-16-12-27(33(30)21-11-18-10-19(24)4-5-20(18)25-21)14-23(15-31-3)28(16)13-22(32-23)6-8-26(9-7-22)17(2)29/h4-5,10-11,25H,1,6-9,12-15H2,2-3H3. The van der Waals surface area contributed by atoms with Gasteiger partial charge in [-0.1, -0.05) is 18.2 Å². The number of rotatable bonds is 4. The SMILES string of the molecule is C=C1CN([S+]([O-])c2cc3cc(Cl)ccc3[nH]2)CC2(COC)OC3(CCN(C(C)=O)CC3)CN12. The first-order valence-electron chi connectivity index (χ1n) is 11.1. The summed E-state index contributed by atoms with van der Waals surface area (Å²) in [6, 6.07) is 7.43. The fraction of sp³-hybridized carbons (Fsp3) is 0.522. The zero-order valence-electron chi connectivity index (χ0n) is 18.9. The lowest BCUT2D eigenvalue weighted by molar-refractivity contribution is -0.185. The highest BCUT2D eigenvalue weighted by Gasteiger charge is 2.59. The van der Waals surface area contributed by atoms with E-state index >= 15 is 0 Å². The van der Waals surface area contributed by atoms with E-state index in [2.05, 4.69) is 16.5 Å². The number of methoxy groups -OCH3 is 1. The molecule has 0 aliphatic carbocycles. The number of aromatic amines is 1. The summed E-state index contributed by atoms with van der Waals surface area (Å²) in [7, 11) is 1.65. The van der Waals surface area contributed by atoms with Gasteiger partial charge in [-0.2, -0.15) is 0 Å². The molecular weight excluding hydrogens is 464 g/mol. The zero-order chi connectivity index (χ0) is 23.4. The third-order valence-corrected chi connectivity index (χ3v) is 8.54. The monoisotopic (exact) mass is 492 g/mol. The van der Waals surface area contributed by atoms with Crippen LogP contribution in [0.4, 0.5) is 0 Å². The van der Waals surface area contributed by atoms with Gasteiger partial charge < -0.3 is 28.8 Å². The van der Waals surface area contributed by atoms with Crippen molar-refractivity contribution in [1.29, 1.82) is 0 Å². The number of fused-ring (bicyclic) bond motifs is 2. The third-order valence-electron chi connectivity index (χ3n) is 6.98. The fourth-order valence-corrected chi connectivity index (χ4v) is 6.82. The van der Waals surface area contributed by atoms with Gasteiger partial charge in [-0.05, 0) is 31.0 Å². The molecule has 178 valence electrons. The molecule has 2 unspecified atom stereocenters. The maximum absolute atomic E-state index is 13.6. The number of ether oxygens (including phenoxy) is 2. The van der Waals surface area contributed by atoms with Crippen LogP contribution in [0.2, 0.25) is 5.02 Å². The molecule has 0 saturated carbocycles. The third kappa shape index (κ3) is 4.05. The van der Waals surface area contributed by atoms with Crippen LogP contribution in [0.15, 0.2) is 41.6 Å². The number of carbonyl (C=O) groups is 1. The maximum atomic E-state index is 13.6. The lowest BCUT2D eigenvalue weighted by Gasteiger charge is -2.46. The molecule has 0 bridgehead atoms. The number of benzene rings is 1. The van der Waals surface area contributed by atoms with Crippen molar-refractivity contribution in [1.82, 2.24) is 19.1 Å². The Morgan fingerprint density at radius 3 is 2.79 bits per heavy atom. The Balaban J connectivity index is 1.39. The Bertz CT molecular complexity index is 1090. The molecule has 5 rings (SSSR count). The number of likely N-dealkylation sites (tertiary alicyclic amines) is 1. The summed E-state index contributed by atoms with van der Waals surface area (Å²) in [6.07, 6.45) is 1.52. The molecule has 1 aromatic heterocycles. The first-order chi connectivity index (χ1) is 15.7. The summed E-state index contributed by atoms with van der Waals surface area (Å²) in [5, 5.41) is 2.17. The van der Waals surface area contributed by atoms with Gasteiger partial charge in [0.15, 0.2) is 5.72 Å². The molecule has 2 atom stereocenters. The Morgan fingerprint density at radius 2 is 2.09 bits per heavy atom. The molecule has 33 heavy (non-hydrogen) atoms. The van der Waals surface area contributed by atoms with Crippen molar-refractivity contribution < 1.29 is 18.8 Å². The minimum atomic E-state index is -1.44. The van der Waals surface area contributed by atoms with E-state index in [1.165, 1.54) is 0 Å². The normalized spacial score (nSPS) is 26.2. The van der Waals surface area contributed by atoms with Gasteiger partial charge in [0.2, 0.25) is 10.9 Å². The highest BCUT2D eigenvalue weighted by Crippen LogP contribution is 2.46. The second kappa shape index (κ2) is 8.48. The van der Waals surface area contributed by atoms with Crippen molar-refractivity contribution in [3.05, 3.63) is 41.6 Å². The van der Waals surface area contributed by atoms with E-state index in [1.807, 2.05) is 33.5 Å². The van der Waals surface area contributed by atoms with Gasteiger partial charge in [0.25, 0.3) is 0 Å². The summed E-state index contributed by atoms with van der Waals surface area (Å²) >= 11 is 4.68. The van der Waals surface area contributed by atoms with E-state index in [0.717, 1.165) is 29.4 Å². The second-order valence-corrected chi connectivity index (χ2v) is 11.1. The number of hydrogen-bond donors (Lipinski definition) is 1. The molecule has 1 N–H and O–H groups in total. The molecule has 3 aliphatic heterocycles. The van der Waals surface area contributed by atoms with Crippen LogP contribution in [0, 0.1) is 0 Å². The fourth-order valence-electron chi connectivity index (χ4n) is 5.36. The number of piperazine rings is 1. The smallest absolute Gasteiger partial charge is 0.245 e. The molecule has 1 amide bonds. The van der Waals surface area contributed by atoms with E-state index in [0.29, 0.717) is 49.4 Å². The number of carbonyl (C=O) groups excluding carboxylic acids is 1. The van der Waals surface area contributed by atoms with Crippen molar-refractivity contribution in [2.45, 2.75) is 36.1 Å². The molecule has 1 aromatic carbocycles. The average molecular weight is 493 g/mol. The average Bonchev–Trinajstić information content (AvgIpc) is 3.33. The molecule has 3 fully saturated rings. The van der Waals surface area contributed by atoms with Crippen LogP contribution in [-0.2, 0) is 25.6 Å². The first-order valence-corrected chi connectivity index (χ1v) is 12.6. The second-order valence-electron chi connectivity index (χ2n) is 9.24. The topological polar surface area (TPSA) is 84.1 Å². The summed E-state index contributed by atoms with van der Waals surface area (Å²) in [5.41, 5.74) is 0.604. The van der Waals surface area contributed by atoms with Gasteiger partial charge in [0.05, 0.1) is 36.7 Å². The Labute approximate surface area is 201 Å². The van der Waals surface area contributed by atoms with Gasteiger partial charge >= 0.3 is 0 Å². The summed E-state index contributed by atoms with van der Waals surface area (Å²) in [5.74, 6) is 0.0952. The maximum Gasteiger partial charge on any atom is 0.245 e. The van der Waals surface area contributed by atoms with Crippen LogP contribution < -0.4 is 0 Å². The van der Waals surface area contributed by atoms with Gasteiger partial charge in [0.1, 0.15) is 0 Å². The number of nitrogens with zero attached hydrogens (tertiary/aromatic N) is 3. The van der Waals surface area contributed by atoms with Gasteiger partial charge in [0, 0.05) is 61.4 Å². The van der Waals surface area contributed by atoms with Crippen LogP contribution in [-0.4, -0.2) is 87.3 Å². The van der Waals surface area contributed by atoms with E-state index in [4.69, 9.17) is 21.1 Å². The predicted octanol–water partition coefficient (Wildman–Crippen LogP) is 2.73. The van der Waals surface area contributed by atoms with Crippen molar-refractivity contribution in [2.75, 3.05) is 46.4 Å². The molecule has 10 heteroatoms. The van der Waals surface area contributed by atoms with Gasteiger partial charge in [-0.3, -0.25) is 4.79 Å². The Morgan fingerprint density at radius 1 is 1.33 bits per heavy atom. The largest absolute Gasteiger partial charge is 0.592 e. The summed E-state index contributed by atoms with van der Waals surface area (Å²) < 4.78 is 27.9. The lowest BCUT2D eigenvalue weighted by Crippen LogP contribution is -2.62. The molecule has 3 aliphatic rings.